The van der Waals surface area contributed by atoms with E-state index in [9.17, 15) is 23.1 Å². The summed E-state index contributed by atoms with van der Waals surface area (Å²) in [6.07, 6.45) is -3.66. The van der Waals surface area contributed by atoms with E-state index in [1.165, 1.54) is 0 Å². The summed E-state index contributed by atoms with van der Waals surface area (Å²) in [5.74, 6) is -2.12. The lowest BCUT2D eigenvalue weighted by Crippen LogP contribution is -2.62. The van der Waals surface area contributed by atoms with Crippen LogP contribution in [0.1, 0.15) is 52.5 Å². The molecule has 1 aliphatic carbocycles. The number of ether oxygens (including phenoxy) is 1. The van der Waals surface area contributed by atoms with Gasteiger partial charge in [-0.15, -0.1) is 0 Å². The van der Waals surface area contributed by atoms with Crippen LogP contribution in [0.3, 0.4) is 0 Å². The average Bonchev–Trinajstić information content (AvgIpc) is 2.95. The minimum atomic E-state index is -5.02. The molecule has 0 unspecified atom stereocenters. The second kappa shape index (κ2) is 7.31. The van der Waals surface area contributed by atoms with Crippen LogP contribution in [0.15, 0.2) is 29.4 Å². The number of aliphatic hydroxyl groups is 1. The molecule has 1 saturated carbocycles. The van der Waals surface area contributed by atoms with E-state index in [1.807, 2.05) is 12.1 Å². The summed E-state index contributed by atoms with van der Waals surface area (Å²) in [5, 5.41) is 14.7. The fourth-order valence-electron chi connectivity index (χ4n) is 4.00. The minimum Gasteiger partial charge on any atom is -0.484 e. The highest BCUT2D eigenvalue weighted by atomic mass is 19.4. The van der Waals surface area contributed by atoms with Crippen LogP contribution in [-0.2, 0) is 10.2 Å². The average molecular weight is 412 g/mol. The number of alkyl halides is 3. The lowest BCUT2D eigenvalue weighted by Gasteiger charge is -2.38. The Bertz CT molecular complexity index is 799. The smallest absolute Gasteiger partial charge is 0.439 e. The molecule has 1 aliphatic heterocycles. The van der Waals surface area contributed by atoms with Crippen molar-refractivity contribution in [3.05, 3.63) is 29.8 Å². The zero-order valence-electron chi connectivity index (χ0n) is 17.1. The predicted molar refractivity (Wildman–Crippen MR) is 102 cm³/mol. The quantitative estimate of drug-likeness (QED) is 0.808. The van der Waals surface area contributed by atoms with Crippen molar-refractivity contribution >= 4 is 11.6 Å². The predicted octanol–water partition coefficient (Wildman–Crippen LogP) is 4.25. The van der Waals surface area contributed by atoms with Crippen LogP contribution >= 0.6 is 0 Å². The van der Waals surface area contributed by atoms with Crippen molar-refractivity contribution in [1.29, 1.82) is 0 Å². The van der Waals surface area contributed by atoms with Crippen LogP contribution in [0.4, 0.5) is 13.2 Å². The number of halogens is 3. The highest BCUT2D eigenvalue weighted by Gasteiger charge is 2.69. The molecular formula is C21H27F3N2O3. The van der Waals surface area contributed by atoms with Crippen molar-refractivity contribution in [2.24, 2.45) is 16.9 Å². The van der Waals surface area contributed by atoms with Crippen molar-refractivity contribution in [2.75, 3.05) is 6.61 Å². The third kappa shape index (κ3) is 3.86. The van der Waals surface area contributed by atoms with E-state index in [0.717, 1.165) is 5.56 Å². The van der Waals surface area contributed by atoms with E-state index in [1.54, 1.807) is 19.1 Å². The Balaban J connectivity index is 1.78. The van der Waals surface area contributed by atoms with Gasteiger partial charge >= 0.3 is 6.18 Å². The topological polar surface area (TPSA) is 62.1 Å². The Morgan fingerprint density at radius 1 is 1.24 bits per heavy atom. The van der Waals surface area contributed by atoms with Crippen molar-refractivity contribution in [3.63, 3.8) is 0 Å². The molecule has 0 radical (unpaired) electrons. The molecule has 1 aromatic rings. The van der Waals surface area contributed by atoms with Crippen LogP contribution in [-0.4, -0.2) is 40.2 Å². The largest absolute Gasteiger partial charge is 0.484 e. The van der Waals surface area contributed by atoms with Gasteiger partial charge in [0.15, 0.2) is 6.61 Å². The third-order valence-electron chi connectivity index (χ3n) is 5.75. The summed E-state index contributed by atoms with van der Waals surface area (Å²) in [6.45, 7) is 7.28. The summed E-state index contributed by atoms with van der Waals surface area (Å²) in [4.78, 5) is 12.6. The van der Waals surface area contributed by atoms with E-state index in [4.69, 9.17) is 4.74 Å². The Kier molecular flexibility index (Phi) is 5.45. The molecule has 5 nitrogen and oxygen atoms in total. The summed E-state index contributed by atoms with van der Waals surface area (Å²) in [5.41, 5.74) is -2.09. The molecule has 0 bridgehead atoms. The van der Waals surface area contributed by atoms with Crippen molar-refractivity contribution in [1.82, 2.24) is 5.01 Å². The lowest BCUT2D eigenvalue weighted by molar-refractivity contribution is -0.317. The highest BCUT2D eigenvalue weighted by Crippen LogP contribution is 2.49. The maximum atomic E-state index is 13.8. The summed E-state index contributed by atoms with van der Waals surface area (Å²) in [7, 11) is 0. The molecule has 160 valence electrons. The number of nitrogens with zero attached hydrogens (tertiary/aromatic N) is 2. The third-order valence-corrected chi connectivity index (χ3v) is 5.75. The number of carbonyl (C=O) groups excluding carboxylic acids is 1. The van der Waals surface area contributed by atoms with Crippen LogP contribution in [0, 0.1) is 11.8 Å². The molecular weight excluding hydrogens is 385 g/mol. The standard InChI is InChI=1S/C21H27F3N2O3/c1-13-6-5-7-16-18(13)25-26(20(16,28)21(22,23)24)17(27)12-29-15-10-8-14(9-11-15)19(2,3)4/h8-11,13,16,28H,5-7,12H2,1-4H3/t13-,16-,20-/m1/s1. The normalized spacial score (nSPS) is 27.4. The summed E-state index contributed by atoms with van der Waals surface area (Å²) < 4.78 is 46.8. The molecule has 1 aromatic carbocycles. The van der Waals surface area contributed by atoms with Gasteiger partial charge in [0.05, 0.1) is 5.92 Å². The number of hydrazone groups is 1. The fourth-order valence-corrected chi connectivity index (χ4v) is 4.00. The van der Waals surface area contributed by atoms with Gasteiger partial charge in [0.1, 0.15) is 5.75 Å². The first kappa shape index (κ1) is 21.6. The molecule has 1 fully saturated rings. The first-order chi connectivity index (χ1) is 13.4. The Labute approximate surface area is 168 Å². The second-order valence-corrected chi connectivity index (χ2v) is 8.90. The first-order valence-electron chi connectivity index (χ1n) is 9.79. The lowest BCUT2D eigenvalue weighted by atomic mass is 9.75. The summed E-state index contributed by atoms with van der Waals surface area (Å²) >= 11 is 0. The van der Waals surface area contributed by atoms with Crippen LogP contribution < -0.4 is 4.74 Å². The van der Waals surface area contributed by atoms with Gasteiger partial charge in [0, 0.05) is 5.71 Å². The Morgan fingerprint density at radius 2 is 1.86 bits per heavy atom. The first-order valence-corrected chi connectivity index (χ1v) is 9.79. The molecule has 1 amide bonds. The van der Waals surface area contributed by atoms with Crippen molar-refractivity contribution < 1.29 is 27.8 Å². The molecule has 2 aliphatic rings. The number of benzene rings is 1. The molecule has 0 saturated heterocycles. The maximum Gasteiger partial charge on any atom is 0.439 e. The monoisotopic (exact) mass is 412 g/mol. The van der Waals surface area contributed by atoms with Gasteiger partial charge in [-0.2, -0.15) is 23.3 Å². The summed E-state index contributed by atoms with van der Waals surface area (Å²) in [6, 6.07) is 7.03. The number of carbonyl (C=O) groups is 1. The number of hydrogen-bond acceptors (Lipinski definition) is 4. The van der Waals surface area contributed by atoms with Gasteiger partial charge in [-0.1, -0.05) is 46.2 Å². The van der Waals surface area contributed by atoms with E-state index in [0.29, 0.717) is 18.6 Å². The SMILES string of the molecule is C[C@@H]1CCC[C@@H]2C1=NN(C(=O)COc1ccc(C(C)(C)C)cc1)[C@]2(O)C(F)(F)F. The van der Waals surface area contributed by atoms with Crippen LogP contribution in [0.5, 0.6) is 5.75 Å². The Hall–Kier alpha value is -2.09. The van der Waals surface area contributed by atoms with Crippen molar-refractivity contribution in [2.45, 2.75) is 64.3 Å². The molecule has 0 aromatic heterocycles. The highest BCUT2D eigenvalue weighted by molar-refractivity contribution is 5.95. The zero-order chi connectivity index (χ0) is 21.6. The van der Waals surface area contributed by atoms with Gasteiger partial charge in [-0.05, 0) is 41.9 Å². The van der Waals surface area contributed by atoms with E-state index < -0.39 is 30.3 Å². The van der Waals surface area contributed by atoms with E-state index >= 15 is 0 Å². The van der Waals surface area contributed by atoms with Crippen molar-refractivity contribution in [3.8, 4) is 5.75 Å². The van der Waals surface area contributed by atoms with E-state index in [2.05, 4.69) is 25.9 Å². The number of rotatable bonds is 3. The molecule has 1 N–H and O–H groups in total. The van der Waals surface area contributed by atoms with Gasteiger partial charge in [0.25, 0.3) is 11.6 Å². The number of amides is 1. The van der Waals surface area contributed by atoms with Gasteiger partial charge in [-0.25, -0.2) is 0 Å². The second-order valence-electron chi connectivity index (χ2n) is 8.90. The molecule has 3 rings (SSSR count). The number of hydrogen-bond donors (Lipinski definition) is 1. The maximum absolute atomic E-state index is 13.8. The van der Waals surface area contributed by atoms with Crippen LogP contribution in [0.25, 0.3) is 0 Å². The molecule has 8 heteroatoms. The van der Waals surface area contributed by atoms with Gasteiger partial charge in [0.2, 0.25) is 0 Å². The Morgan fingerprint density at radius 3 is 2.41 bits per heavy atom. The van der Waals surface area contributed by atoms with E-state index in [-0.39, 0.29) is 28.5 Å². The zero-order valence-corrected chi connectivity index (χ0v) is 17.1. The minimum absolute atomic E-state index is 0.0593. The molecule has 1 heterocycles. The molecule has 3 atom stereocenters. The number of fused-ring (bicyclic) bond motifs is 1. The van der Waals surface area contributed by atoms with Gasteiger partial charge in [-0.3, -0.25) is 4.79 Å². The molecule has 29 heavy (non-hydrogen) atoms. The van der Waals surface area contributed by atoms with Crippen LogP contribution in [0.2, 0.25) is 0 Å². The molecule has 0 spiro atoms. The van der Waals surface area contributed by atoms with Gasteiger partial charge < -0.3 is 9.84 Å². The fraction of sp³-hybridized carbons (Fsp3) is 0.619.